The topological polar surface area (TPSA) is 129 Å². The predicted molar refractivity (Wildman–Crippen MR) is 170 cm³/mol. The molecule has 0 saturated carbocycles. The third-order valence-electron chi connectivity index (χ3n) is 7.17. The van der Waals surface area contributed by atoms with Crippen LogP contribution in [0.15, 0.2) is 107 Å². The highest BCUT2D eigenvalue weighted by atomic mass is 35.5. The van der Waals surface area contributed by atoms with E-state index in [-0.39, 0.29) is 25.5 Å². The van der Waals surface area contributed by atoms with Crippen LogP contribution in [0.1, 0.15) is 34.8 Å². The van der Waals surface area contributed by atoms with E-state index in [1.807, 2.05) is 30.3 Å². The maximum Gasteiger partial charge on any atom is 0.252 e. The molecule has 1 amide bonds. The highest BCUT2D eigenvalue weighted by Crippen LogP contribution is 2.45. The zero-order valence-corrected chi connectivity index (χ0v) is 25.1. The molecule has 0 unspecified atom stereocenters. The molecule has 2 N–H and O–H groups in total. The Bertz CT molecular complexity index is 1690. The lowest BCUT2D eigenvalue weighted by molar-refractivity contribution is -0.129. The first kappa shape index (κ1) is 30.9. The van der Waals surface area contributed by atoms with Crippen LogP contribution in [0, 0.1) is 0 Å². The molecule has 44 heavy (non-hydrogen) atoms. The third-order valence-corrected chi connectivity index (χ3v) is 7.76. The molecule has 9 nitrogen and oxygen atoms in total. The van der Waals surface area contributed by atoms with Crippen LogP contribution in [-0.2, 0) is 22.5 Å². The lowest BCUT2D eigenvalue weighted by atomic mass is 9.81. The average Bonchev–Trinajstić information content (AvgIpc) is 3.42. The predicted octanol–water partition coefficient (Wildman–Crippen LogP) is 7.51. The second-order valence-electron chi connectivity index (χ2n) is 10.1. The molecule has 5 rings (SSSR count). The lowest BCUT2D eigenvalue weighted by Crippen LogP contribution is -2.49. The van der Waals surface area contributed by atoms with E-state index in [4.69, 9.17) is 42.8 Å². The van der Waals surface area contributed by atoms with Gasteiger partial charge in [-0.1, -0.05) is 89.0 Å². The zero-order valence-electron chi connectivity index (χ0n) is 23.6. The number of halogens is 2. The van der Waals surface area contributed by atoms with Gasteiger partial charge in [-0.3, -0.25) is 4.79 Å². The molecular formula is C33H29Cl2N5O4. The van der Waals surface area contributed by atoms with Crippen LogP contribution in [0.3, 0.4) is 0 Å². The largest absolute Gasteiger partial charge is 0.494 e. The van der Waals surface area contributed by atoms with Crippen molar-refractivity contribution in [2.75, 3.05) is 13.2 Å². The van der Waals surface area contributed by atoms with Gasteiger partial charge in [0.05, 0.1) is 6.61 Å². The fourth-order valence-corrected chi connectivity index (χ4v) is 5.48. The van der Waals surface area contributed by atoms with Crippen molar-refractivity contribution in [3.05, 3.63) is 140 Å². The van der Waals surface area contributed by atoms with Crippen molar-refractivity contribution >= 4 is 40.7 Å². The molecule has 0 saturated heterocycles. The number of nitrogens with one attached hydrogen (secondary N) is 1. The summed E-state index contributed by atoms with van der Waals surface area (Å²) in [4.78, 5) is 22.5. The van der Waals surface area contributed by atoms with Gasteiger partial charge in [0.15, 0.2) is 11.6 Å². The molecule has 4 aromatic carbocycles. The van der Waals surface area contributed by atoms with E-state index in [1.165, 1.54) is 0 Å². The molecule has 1 aliphatic heterocycles. The molecule has 0 aromatic heterocycles. The summed E-state index contributed by atoms with van der Waals surface area (Å²) >= 11 is 12.5. The first-order valence-corrected chi connectivity index (χ1v) is 14.7. The van der Waals surface area contributed by atoms with Gasteiger partial charge >= 0.3 is 0 Å². The quantitative estimate of drug-likeness (QED) is 0.0726. The van der Waals surface area contributed by atoms with Gasteiger partial charge in [-0.2, -0.15) is 0 Å². The molecule has 224 valence electrons. The van der Waals surface area contributed by atoms with Crippen LogP contribution in [-0.4, -0.2) is 35.7 Å². The number of azide groups is 1. The van der Waals surface area contributed by atoms with Crippen LogP contribution < -0.4 is 10.1 Å². The minimum atomic E-state index is -1.49. The van der Waals surface area contributed by atoms with E-state index in [0.29, 0.717) is 51.2 Å². The summed E-state index contributed by atoms with van der Waals surface area (Å²) in [6.07, 6.45) is -0.238. The van der Waals surface area contributed by atoms with Crippen molar-refractivity contribution in [2.45, 2.75) is 31.0 Å². The summed E-state index contributed by atoms with van der Waals surface area (Å²) in [7, 11) is 0. The molecule has 2 atom stereocenters. The zero-order chi connectivity index (χ0) is 30.9. The summed E-state index contributed by atoms with van der Waals surface area (Å²) < 4.78 is 12.2. The van der Waals surface area contributed by atoms with Crippen molar-refractivity contribution in [3.8, 4) is 5.75 Å². The maximum atomic E-state index is 14.4. The van der Waals surface area contributed by atoms with Gasteiger partial charge in [0.2, 0.25) is 5.90 Å². The van der Waals surface area contributed by atoms with E-state index in [0.717, 1.165) is 5.56 Å². The smallest absolute Gasteiger partial charge is 0.252 e. The fourth-order valence-electron chi connectivity index (χ4n) is 5.01. The van der Waals surface area contributed by atoms with Crippen LogP contribution in [0.4, 0.5) is 5.69 Å². The first-order valence-electron chi connectivity index (χ1n) is 13.9. The molecule has 0 radical (unpaired) electrons. The number of rotatable bonds is 12. The van der Waals surface area contributed by atoms with Gasteiger partial charge < -0.3 is 19.9 Å². The van der Waals surface area contributed by atoms with E-state index in [9.17, 15) is 10.3 Å². The van der Waals surface area contributed by atoms with Crippen molar-refractivity contribution in [3.63, 3.8) is 0 Å². The van der Waals surface area contributed by atoms with Crippen LogP contribution in [0.2, 0.25) is 10.0 Å². The number of aliphatic imine (C=N–C) groups is 1. The Kier molecular flexibility index (Phi) is 10.0. The number of hydrogen-bond donors (Lipinski definition) is 2. The number of carbonyl (C=O) groups excluding carboxylic acids is 1. The average molecular weight is 631 g/mol. The summed E-state index contributed by atoms with van der Waals surface area (Å²) in [5.74, 6) is 0.481. The van der Waals surface area contributed by atoms with Crippen molar-refractivity contribution < 1.29 is 19.4 Å². The standard InChI is InChI=1S/C33H29Cl2N5O4/c34-25-14-11-24(28(35)19-25)21-37-32(42)33(20-22-7-2-1-3-8-22)30(27-9-4-5-10-29(27)39-40-36)44-31(38-33)23-12-15-26(16-13-23)43-18-6-17-41/h1-5,7-16,19,30,41H,6,17-18,20-21H2,(H,37,42)/t30-,33-/m1/s1. The Morgan fingerprint density at radius 1 is 1.05 bits per heavy atom. The van der Waals surface area contributed by atoms with E-state index in [2.05, 4.69) is 15.3 Å². The van der Waals surface area contributed by atoms with E-state index >= 15 is 0 Å². The molecule has 0 bridgehead atoms. The van der Waals surface area contributed by atoms with Crippen LogP contribution in [0.5, 0.6) is 5.75 Å². The molecule has 4 aromatic rings. The van der Waals surface area contributed by atoms with Crippen molar-refractivity contribution in [2.24, 2.45) is 10.1 Å². The Morgan fingerprint density at radius 2 is 1.80 bits per heavy atom. The third kappa shape index (κ3) is 6.98. The number of benzene rings is 4. The number of aliphatic hydroxyl groups is 1. The molecule has 0 aliphatic carbocycles. The number of nitrogens with zero attached hydrogens (tertiary/aromatic N) is 4. The monoisotopic (exact) mass is 629 g/mol. The number of aliphatic hydroxyl groups excluding tert-OH is 1. The molecule has 1 heterocycles. The van der Waals surface area contributed by atoms with Gasteiger partial charge in [-0.25, -0.2) is 4.99 Å². The Morgan fingerprint density at radius 3 is 2.52 bits per heavy atom. The molecule has 1 aliphatic rings. The Hall–Kier alpha value is -4.53. The molecule has 0 fully saturated rings. The van der Waals surface area contributed by atoms with Crippen molar-refractivity contribution in [1.82, 2.24) is 5.32 Å². The maximum absolute atomic E-state index is 14.4. The number of carbonyl (C=O) groups is 1. The second-order valence-corrected chi connectivity index (χ2v) is 11.0. The van der Waals surface area contributed by atoms with Gasteiger partial charge in [-0.05, 0) is 53.1 Å². The summed E-state index contributed by atoms with van der Waals surface area (Å²) in [5, 5.41) is 16.9. The lowest BCUT2D eigenvalue weighted by Gasteiger charge is -2.31. The number of hydrogen-bond acceptors (Lipinski definition) is 6. The highest BCUT2D eigenvalue weighted by Gasteiger charge is 2.53. The first-order chi connectivity index (χ1) is 21.4. The van der Waals surface area contributed by atoms with Gasteiger partial charge in [0.25, 0.3) is 5.91 Å². The minimum Gasteiger partial charge on any atom is -0.494 e. The fraction of sp³-hybridized carbons (Fsp3) is 0.212. The van der Waals surface area contributed by atoms with Crippen LogP contribution >= 0.6 is 23.2 Å². The van der Waals surface area contributed by atoms with Gasteiger partial charge in [0, 0.05) is 57.8 Å². The van der Waals surface area contributed by atoms with E-state index in [1.54, 1.807) is 66.7 Å². The normalized spacial score (nSPS) is 17.2. The summed E-state index contributed by atoms with van der Waals surface area (Å²) in [6, 6.07) is 28.8. The number of ether oxygens (including phenoxy) is 2. The summed E-state index contributed by atoms with van der Waals surface area (Å²) in [5.41, 5.74) is 10.8. The number of amides is 1. The van der Waals surface area contributed by atoms with E-state index < -0.39 is 17.6 Å². The summed E-state index contributed by atoms with van der Waals surface area (Å²) in [6.45, 7) is 0.543. The molecule has 0 spiro atoms. The van der Waals surface area contributed by atoms with Crippen LogP contribution in [0.25, 0.3) is 10.4 Å². The minimum absolute atomic E-state index is 0.0389. The Balaban J connectivity index is 1.59. The van der Waals surface area contributed by atoms with Gasteiger partial charge in [-0.15, -0.1) is 0 Å². The van der Waals surface area contributed by atoms with Gasteiger partial charge in [0.1, 0.15) is 5.75 Å². The highest BCUT2D eigenvalue weighted by molar-refractivity contribution is 6.35. The Labute approximate surface area is 264 Å². The SMILES string of the molecule is [N-]=[N+]=Nc1ccccc1[C@H]1OC(c2ccc(OCCCO)cc2)=N[C@@]1(Cc1ccccc1)C(=O)NCc1ccc(Cl)cc1Cl. The molecule has 11 heteroatoms. The second kappa shape index (κ2) is 14.3. The van der Waals surface area contributed by atoms with Crippen molar-refractivity contribution in [1.29, 1.82) is 0 Å². The molecular weight excluding hydrogens is 601 g/mol.